The lowest BCUT2D eigenvalue weighted by atomic mass is 10.1. The molecule has 0 unspecified atom stereocenters. The number of hydrogen-bond acceptors (Lipinski definition) is 4. The third kappa shape index (κ3) is 2.39. The van der Waals surface area contributed by atoms with E-state index in [4.69, 9.17) is 16.1 Å². The Bertz CT molecular complexity index is 1110. The molecule has 0 radical (unpaired) electrons. The fraction of sp³-hybridized carbons (Fsp3) is 0.0556. The topological polar surface area (TPSA) is 71.8 Å². The average molecular weight is 338 g/mol. The summed E-state index contributed by atoms with van der Waals surface area (Å²) in [5.41, 5.74) is 2.61. The van der Waals surface area contributed by atoms with Crippen LogP contribution in [0.4, 0.5) is 0 Å². The van der Waals surface area contributed by atoms with Crippen molar-refractivity contribution in [3.63, 3.8) is 0 Å². The van der Waals surface area contributed by atoms with Crippen molar-refractivity contribution in [1.82, 2.24) is 15.1 Å². The molecule has 2 heterocycles. The molecule has 6 heteroatoms. The van der Waals surface area contributed by atoms with E-state index in [0.29, 0.717) is 27.4 Å². The molecule has 0 aliphatic heterocycles. The van der Waals surface area contributed by atoms with Crippen LogP contribution in [0, 0.1) is 6.92 Å². The lowest BCUT2D eigenvalue weighted by Crippen LogP contribution is -2.06. The Balaban J connectivity index is 1.86. The van der Waals surface area contributed by atoms with E-state index in [-0.39, 0.29) is 11.3 Å². The third-order valence-corrected chi connectivity index (χ3v) is 4.14. The van der Waals surface area contributed by atoms with Gasteiger partial charge in [-0.2, -0.15) is 4.98 Å². The summed E-state index contributed by atoms with van der Waals surface area (Å²) in [4.78, 5) is 20.1. The van der Waals surface area contributed by atoms with Gasteiger partial charge in [-0.25, -0.2) is 0 Å². The van der Waals surface area contributed by atoms with Crippen molar-refractivity contribution < 1.29 is 4.52 Å². The number of rotatable bonds is 2. The van der Waals surface area contributed by atoms with E-state index in [1.807, 2.05) is 37.3 Å². The zero-order valence-corrected chi connectivity index (χ0v) is 13.5. The maximum Gasteiger partial charge on any atom is 0.263 e. The number of halogens is 1. The predicted octanol–water partition coefficient (Wildman–Crippen LogP) is 4.21. The summed E-state index contributed by atoms with van der Waals surface area (Å²) in [6, 6.07) is 12.9. The maximum absolute atomic E-state index is 12.7. The molecule has 0 spiro atoms. The lowest BCUT2D eigenvalue weighted by molar-refractivity contribution is 0.432. The monoisotopic (exact) mass is 337 g/mol. The molecule has 2 aromatic carbocycles. The summed E-state index contributed by atoms with van der Waals surface area (Å²) in [5, 5.41) is 5.05. The van der Waals surface area contributed by atoms with Crippen molar-refractivity contribution in [1.29, 1.82) is 0 Å². The molecular weight excluding hydrogens is 326 g/mol. The number of aryl methyl sites for hydroxylation is 1. The molecule has 4 rings (SSSR count). The van der Waals surface area contributed by atoms with E-state index >= 15 is 0 Å². The quantitative estimate of drug-likeness (QED) is 0.594. The van der Waals surface area contributed by atoms with Gasteiger partial charge in [0, 0.05) is 22.7 Å². The fourth-order valence-electron chi connectivity index (χ4n) is 2.58. The van der Waals surface area contributed by atoms with Crippen molar-refractivity contribution in [2.75, 3.05) is 0 Å². The molecule has 0 aliphatic rings. The summed E-state index contributed by atoms with van der Waals surface area (Å²) in [6.07, 6.45) is 1.59. The molecule has 118 valence electrons. The molecule has 0 saturated heterocycles. The summed E-state index contributed by atoms with van der Waals surface area (Å²) in [7, 11) is 0. The van der Waals surface area contributed by atoms with Gasteiger partial charge in [0.1, 0.15) is 5.56 Å². The van der Waals surface area contributed by atoms with Crippen molar-refractivity contribution >= 4 is 22.5 Å². The molecule has 0 atom stereocenters. The standard InChI is InChI=1S/C18H12ClN3O2/c1-10-6-7-15-12(8-10)16(23)13(9-20-15)18-21-17(22-24-18)11-4-2-3-5-14(11)19/h2-9H,1H3,(H,20,23). The van der Waals surface area contributed by atoms with Crippen LogP contribution in [0.1, 0.15) is 5.56 Å². The number of fused-ring (bicyclic) bond motifs is 1. The summed E-state index contributed by atoms with van der Waals surface area (Å²) in [6.45, 7) is 1.94. The highest BCUT2D eigenvalue weighted by atomic mass is 35.5. The maximum atomic E-state index is 12.7. The SMILES string of the molecule is Cc1ccc2[nH]cc(-c3nc(-c4ccccc4Cl)no3)c(=O)c2c1. The Kier molecular flexibility index (Phi) is 3.43. The highest BCUT2D eigenvalue weighted by Crippen LogP contribution is 2.27. The molecule has 0 aliphatic carbocycles. The molecule has 0 fully saturated rings. The zero-order chi connectivity index (χ0) is 16.7. The minimum atomic E-state index is -0.151. The van der Waals surface area contributed by atoms with E-state index in [9.17, 15) is 4.79 Å². The zero-order valence-electron chi connectivity index (χ0n) is 12.7. The van der Waals surface area contributed by atoms with Crippen molar-refractivity contribution in [2.24, 2.45) is 0 Å². The van der Waals surface area contributed by atoms with E-state index in [2.05, 4.69) is 15.1 Å². The highest BCUT2D eigenvalue weighted by molar-refractivity contribution is 6.33. The Hall–Kier alpha value is -2.92. The first kappa shape index (κ1) is 14.7. The molecule has 1 N–H and O–H groups in total. The molecule has 0 saturated carbocycles. The van der Waals surface area contributed by atoms with Crippen molar-refractivity contribution in [2.45, 2.75) is 6.92 Å². The number of pyridine rings is 1. The lowest BCUT2D eigenvalue weighted by Gasteiger charge is -2.01. The number of nitrogens with one attached hydrogen (secondary N) is 1. The van der Waals surface area contributed by atoms with Crippen LogP contribution in [-0.4, -0.2) is 15.1 Å². The first-order valence-electron chi connectivity index (χ1n) is 7.34. The van der Waals surface area contributed by atoms with Gasteiger partial charge in [-0.05, 0) is 31.2 Å². The smallest absolute Gasteiger partial charge is 0.263 e. The number of aromatic amines is 1. The third-order valence-electron chi connectivity index (χ3n) is 3.81. The highest BCUT2D eigenvalue weighted by Gasteiger charge is 2.16. The van der Waals surface area contributed by atoms with Gasteiger partial charge in [-0.15, -0.1) is 0 Å². The normalized spacial score (nSPS) is 11.1. The van der Waals surface area contributed by atoms with Gasteiger partial charge in [0.15, 0.2) is 0 Å². The Labute approximate surface area is 141 Å². The number of hydrogen-bond donors (Lipinski definition) is 1. The van der Waals surface area contributed by atoms with Gasteiger partial charge in [0.2, 0.25) is 11.3 Å². The Morgan fingerprint density at radius 2 is 1.96 bits per heavy atom. The van der Waals surface area contributed by atoms with Crippen LogP contribution in [0.2, 0.25) is 5.02 Å². The molecule has 5 nitrogen and oxygen atoms in total. The first-order chi connectivity index (χ1) is 11.6. The minimum Gasteiger partial charge on any atom is -0.360 e. The summed E-state index contributed by atoms with van der Waals surface area (Å²) >= 11 is 6.15. The van der Waals surface area contributed by atoms with Crippen LogP contribution in [0.15, 0.2) is 58.0 Å². The molecule has 0 amide bonds. The van der Waals surface area contributed by atoms with Crippen molar-refractivity contribution in [3.8, 4) is 22.8 Å². The summed E-state index contributed by atoms with van der Waals surface area (Å²) in [5.74, 6) is 0.508. The fourth-order valence-corrected chi connectivity index (χ4v) is 2.80. The van der Waals surface area contributed by atoms with E-state index < -0.39 is 0 Å². The Morgan fingerprint density at radius 3 is 2.79 bits per heavy atom. The van der Waals surface area contributed by atoms with E-state index in [1.165, 1.54) is 0 Å². The van der Waals surface area contributed by atoms with Gasteiger partial charge in [0.05, 0.1) is 5.02 Å². The molecule has 2 aromatic heterocycles. The number of nitrogens with zero attached hydrogens (tertiary/aromatic N) is 2. The van der Waals surface area contributed by atoms with Gasteiger partial charge < -0.3 is 9.51 Å². The van der Waals surface area contributed by atoms with Crippen LogP contribution in [-0.2, 0) is 0 Å². The molecule has 24 heavy (non-hydrogen) atoms. The first-order valence-corrected chi connectivity index (χ1v) is 7.72. The second kappa shape index (κ2) is 5.62. The second-order valence-corrected chi connectivity index (χ2v) is 5.89. The predicted molar refractivity (Wildman–Crippen MR) is 93.0 cm³/mol. The van der Waals surface area contributed by atoms with Gasteiger partial charge in [-0.3, -0.25) is 4.79 Å². The number of benzene rings is 2. The molecular formula is C18H12ClN3O2. The number of aromatic nitrogens is 3. The minimum absolute atomic E-state index is 0.151. The van der Waals surface area contributed by atoms with Gasteiger partial charge >= 0.3 is 0 Å². The van der Waals surface area contributed by atoms with Crippen LogP contribution in [0.3, 0.4) is 0 Å². The van der Waals surface area contributed by atoms with Crippen LogP contribution >= 0.6 is 11.6 Å². The van der Waals surface area contributed by atoms with Crippen molar-refractivity contribution in [3.05, 3.63) is 69.5 Å². The van der Waals surface area contributed by atoms with Crippen LogP contribution < -0.4 is 5.43 Å². The summed E-state index contributed by atoms with van der Waals surface area (Å²) < 4.78 is 5.28. The van der Waals surface area contributed by atoms with Gasteiger partial charge in [0.25, 0.3) is 5.89 Å². The Morgan fingerprint density at radius 1 is 1.12 bits per heavy atom. The van der Waals surface area contributed by atoms with E-state index in [0.717, 1.165) is 11.1 Å². The van der Waals surface area contributed by atoms with Crippen LogP contribution in [0.5, 0.6) is 0 Å². The molecule has 4 aromatic rings. The van der Waals surface area contributed by atoms with E-state index in [1.54, 1.807) is 18.3 Å². The van der Waals surface area contributed by atoms with Gasteiger partial charge in [-0.1, -0.05) is 40.5 Å². The largest absolute Gasteiger partial charge is 0.360 e. The number of H-pyrrole nitrogens is 1. The molecule has 0 bridgehead atoms. The second-order valence-electron chi connectivity index (χ2n) is 5.48. The average Bonchev–Trinajstić information content (AvgIpc) is 3.06. The van der Waals surface area contributed by atoms with Crippen LogP contribution in [0.25, 0.3) is 33.7 Å².